The molecule has 4 nitrogen and oxygen atoms in total. The zero-order valence-corrected chi connectivity index (χ0v) is 15.0. The van der Waals surface area contributed by atoms with Crippen molar-refractivity contribution >= 4 is 33.2 Å². The summed E-state index contributed by atoms with van der Waals surface area (Å²) in [5.74, 6) is 1.31. The summed E-state index contributed by atoms with van der Waals surface area (Å²) in [5, 5.41) is 10.3. The number of thiazole rings is 1. The minimum Gasteiger partial charge on any atom is -0.493 e. The maximum absolute atomic E-state index is 9.64. The molecule has 0 N–H and O–H groups in total. The predicted octanol–water partition coefficient (Wildman–Crippen LogP) is 5.16. The predicted molar refractivity (Wildman–Crippen MR) is 102 cm³/mol. The maximum atomic E-state index is 9.64. The van der Waals surface area contributed by atoms with Gasteiger partial charge in [-0.05, 0) is 30.7 Å². The van der Waals surface area contributed by atoms with Gasteiger partial charge in [0.2, 0.25) is 0 Å². The van der Waals surface area contributed by atoms with Crippen LogP contribution in [0.25, 0.3) is 21.9 Å². The maximum Gasteiger partial charge on any atom is 0.168 e. The first-order valence-electron chi connectivity index (χ1n) is 8.04. The number of ether oxygens (including phenoxy) is 2. The van der Waals surface area contributed by atoms with Crippen LogP contribution in [0.1, 0.15) is 23.9 Å². The van der Waals surface area contributed by atoms with Gasteiger partial charge in [-0.1, -0.05) is 31.2 Å². The van der Waals surface area contributed by atoms with E-state index in [1.54, 1.807) is 7.11 Å². The molecule has 0 fully saturated rings. The molecule has 0 aliphatic rings. The highest BCUT2D eigenvalue weighted by Gasteiger charge is 2.13. The van der Waals surface area contributed by atoms with Gasteiger partial charge in [0, 0.05) is 5.56 Å². The third kappa shape index (κ3) is 3.65. The molecule has 1 heterocycles. The van der Waals surface area contributed by atoms with Gasteiger partial charge in [-0.15, -0.1) is 11.3 Å². The molecule has 0 spiro atoms. The molecule has 25 heavy (non-hydrogen) atoms. The Kier molecular flexibility index (Phi) is 5.32. The molecule has 0 saturated heterocycles. The molecule has 0 radical (unpaired) electrons. The normalized spacial score (nSPS) is 11.3. The van der Waals surface area contributed by atoms with E-state index in [-0.39, 0.29) is 0 Å². The second kappa shape index (κ2) is 7.82. The highest BCUT2D eigenvalue weighted by molar-refractivity contribution is 7.19. The van der Waals surface area contributed by atoms with Crippen LogP contribution < -0.4 is 9.47 Å². The minimum absolute atomic E-state index is 0.510. The van der Waals surface area contributed by atoms with Gasteiger partial charge in [0.05, 0.1) is 29.5 Å². The molecule has 2 aromatic carbocycles. The molecule has 0 amide bonds. The highest BCUT2D eigenvalue weighted by Crippen LogP contribution is 2.35. The van der Waals surface area contributed by atoms with Crippen molar-refractivity contribution in [2.24, 2.45) is 0 Å². The van der Waals surface area contributed by atoms with Crippen LogP contribution in [-0.4, -0.2) is 18.7 Å². The average molecular weight is 350 g/mol. The monoisotopic (exact) mass is 350 g/mol. The largest absolute Gasteiger partial charge is 0.493 e. The summed E-state index contributed by atoms with van der Waals surface area (Å²) in [6.07, 6.45) is 2.70. The van der Waals surface area contributed by atoms with E-state index in [1.165, 1.54) is 11.3 Å². The lowest BCUT2D eigenvalue weighted by atomic mass is 10.1. The molecule has 0 unspecified atom stereocenters. The Morgan fingerprint density at radius 2 is 2.08 bits per heavy atom. The van der Waals surface area contributed by atoms with Crippen molar-refractivity contribution in [1.29, 1.82) is 5.26 Å². The summed E-state index contributed by atoms with van der Waals surface area (Å²) in [6.45, 7) is 2.64. The number of aromatic nitrogens is 1. The van der Waals surface area contributed by atoms with Gasteiger partial charge in [0.25, 0.3) is 0 Å². The molecule has 126 valence electrons. The number of para-hydroxylation sites is 2. The van der Waals surface area contributed by atoms with E-state index in [1.807, 2.05) is 55.5 Å². The number of nitrogens with zero attached hydrogens (tertiary/aromatic N) is 2. The molecule has 1 aromatic heterocycles. The number of benzene rings is 2. The molecule has 0 atom stereocenters. The van der Waals surface area contributed by atoms with E-state index >= 15 is 0 Å². The minimum atomic E-state index is 0.510. The summed E-state index contributed by atoms with van der Waals surface area (Å²) in [5.41, 5.74) is 2.22. The van der Waals surface area contributed by atoms with Crippen LogP contribution in [0.4, 0.5) is 0 Å². The van der Waals surface area contributed by atoms with Gasteiger partial charge >= 0.3 is 0 Å². The Bertz CT molecular complexity index is 921. The SMILES string of the molecule is CCCOc1c(/C=C(/C#N)c2nc3ccccc3s2)cccc1OC. The average Bonchev–Trinajstić information content (AvgIpc) is 3.08. The van der Waals surface area contributed by atoms with Crippen molar-refractivity contribution in [2.45, 2.75) is 13.3 Å². The quantitative estimate of drug-likeness (QED) is 0.576. The van der Waals surface area contributed by atoms with E-state index in [0.29, 0.717) is 28.7 Å². The number of hydrogen-bond donors (Lipinski definition) is 0. The Labute approximate surface area is 151 Å². The lowest BCUT2D eigenvalue weighted by Crippen LogP contribution is -1.99. The molecule has 0 saturated carbocycles. The van der Waals surface area contributed by atoms with Crippen molar-refractivity contribution in [1.82, 2.24) is 4.98 Å². The molecule has 0 aliphatic heterocycles. The Morgan fingerprint density at radius 1 is 1.24 bits per heavy atom. The fourth-order valence-corrected chi connectivity index (χ4v) is 3.38. The summed E-state index contributed by atoms with van der Waals surface area (Å²) < 4.78 is 12.3. The highest BCUT2D eigenvalue weighted by atomic mass is 32.1. The van der Waals surface area contributed by atoms with Crippen LogP contribution in [0.5, 0.6) is 11.5 Å². The van der Waals surface area contributed by atoms with Crippen molar-refractivity contribution < 1.29 is 9.47 Å². The van der Waals surface area contributed by atoms with E-state index in [4.69, 9.17) is 9.47 Å². The van der Waals surface area contributed by atoms with Gasteiger partial charge in [-0.2, -0.15) is 5.26 Å². The van der Waals surface area contributed by atoms with Gasteiger partial charge in [0.1, 0.15) is 11.1 Å². The molecule has 5 heteroatoms. The summed E-state index contributed by atoms with van der Waals surface area (Å²) in [6, 6.07) is 15.8. The van der Waals surface area contributed by atoms with Crippen LogP contribution >= 0.6 is 11.3 Å². The van der Waals surface area contributed by atoms with Crippen molar-refractivity contribution in [3.63, 3.8) is 0 Å². The van der Waals surface area contributed by atoms with Crippen LogP contribution in [0, 0.1) is 11.3 Å². The molecule has 0 aliphatic carbocycles. The Hall–Kier alpha value is -2.84. The third-order valence-corrected chi connectivity index (χ3v) is 4.69. The number of allylic oxidation sites excluding steroid dienone is 1. The standard InChI is InChI=1S/C20H18N2O2S/c1-3-11-24-19-14(7-6-9-17(19)23-2)12-15(13-21)20-22-16-8-4-5-10-18(16)25-20/h4-10,12H,3,11H2,1-2H3/b15-12-. The molecular weight excluding hydrogens is 332 g/mol. The van der Waals surface area contributed by atoms with Crippen LogP contribution in [0.2, 0.25) is 0 Å². The number of fused-ring (bicyclic) bond motifs is 1. The number of rotatable bonds is 6. The third-order valence-electron chi connectivity index (χ3n) is 3.62. The van der Waals surface area contributed by atoms with Crippen molar-refractivity contribution in [2.75, 3.05) is 13.7 Å². The molecule has 3 aromatic rings. The molecule has 3 rings (SSSR count). The van der Waals surface area contributed by atoms with Gasteiger partial charge in [-0.25, -0.2) is 4.98 Å². The second-order valence-electron chi connectivity index (χ2n) is 5.38. The molecular formula is C20H18N2O2S. The van der Waals surface area contributed by atoms with E-state index < -0.39 is 0 Å². The van der Waals surface area contributed by atoms with Crippen LogP contribution in [-0.2, 0) is 0 Å². The topological polar surface area (TPSA) is 55.1 Å². The smallest absolute Gasteiger partial charge is 0.168 e. The van der Waals surface area contributed by atoms with Crippen LogP contribution in [0.3, 0.4) is 0 Å². The fourth-order valence-electron chi connectivity index (χ4n) is 2.45. The first-order chi connectivity index (χ1) is 12.3. The van der Waals surface area contributed by atoms with E-state index in [9.17, 15) is 5.26 Å². The number of hydrogen-bond acceptors (Lipinski definition) is 5. The van der Waals surface area contributed by atoms with Crippen LogP contribution in [0.15, 0.2) is 42.5 Å². The number of methoxy groups -OCH3 is 1. The van der Waals surface area contributed by atoms with Gasteiger partial charge in [-0.3, -0.25) is 0 Å². The van der Waals surface area contributed by atoms with E-state index in [0.717, 1.165) is 22.2 Å². The first kappa shape index (κ1) is 17.0. The number of nitriles is 1. The van der Waals surface area contributed by atoms with Gasteiger partial charge < -0.3 is 9.47 Å². The lowest BCUT2D eigenvalue weighted by Gasteiger charge is -2.12. The summed E-state index contributed by atoms with van der Waals surface area (Å²) >= 11 is 1.51. The summed E-state index contributed by atoms with van der Waals surface area (Å²) in [4.78, 5) is 4.57. The Morgan fingerprint density at radius 3 is 2.80 bits per heavy atom. The first-order valence-corrected chi connectivity index (χ1v) is 8.86. The second-order valence-corrected chi connectivity index (χ2v) is 6.41. The van der Waals surface area contributed by atoms with E-state index in [2.05, 4.69) is 11.1 Å². The Balaban J connectivity index is 2.06. The zero-order valence-electron chi connectivity index (χ0n) is 14.2. The van der Waals surface area contributed by atoms with Gasteiger partial charge in [0.15, 0.2) is 11.5 Å². The fraction of sp³-hybridized carbons (Fsp3) is 0.200. The molecule has 0 bridgehead atoms. The zero-order chi connectivity index (χ0) is 17.6. The van der Waals surface area contributed by atoms with Crippen molar-refractivity contribution in [3.05, 3.63) is 53.0 Å². The lowest BCUT2D eigenvalue weighted by molar-refractivity contribution is 0.293. The summed E-state index contributed by atoms with van der Waals surface area (Å²) in [7, 11) is 1.61. The van der Waals surface area contributed by atoms with Crippen molar-refractivity contribution in [3.8, 4) is 17.6 Å².